The number of aromatic nitrogens is 2. The molecule has 1 heterocycles. The van der Waals surface area contributed by atoms with Crippen LogP contribution in [0.15, 0.2) is 53.3 Å². The first-order valence-corrected chi connectivity index (χ1v) is 7.92. The quantitative estimate of drug-likeness (QED) is 0.534. The number of hydrogen-bond acceptors (Lipinski definition) is 3. The summed E-state index contributed by atoms with van der Waals surface area (Å²) < 4.78 is 1.56. The molecule has 0 saturated heterocycles. The molecule has 0 amide bonds. The van der Waals surface area contributed by atoms with Gasteiger partial charge in [-0.25, -0.2) is 4.98 Å². The van der Waals surface area contributed by atoms with Crippen LogP contribution in [-0.4, -0.2) is 20.7 Å². The van der Waals surface area contributed by atoms with Crippen LogP contribution in [0.25, 0.3) is 16.6 Å². The van der Waals surface area contributed by atoms with Crippen molar-refractivity contribution in [3.05, 3.63) is 70.3 Å². The summed E-state index contributed by atoms with van der Waals surface area (Å²) in [5, 5.41) is 0.858. The minimum absolute atomic E-state index is 0.00672. The van der Waals surface area contributed by atoms with Crippen molar-refractivity contribution in [2.45, 2.75) is 6.92 Å². The molecule has 0 fully saturated rings. The van der Waals surface area contributed by atoms with Crippen LogP contribution in [-0.2, 0) is 0 Å². The molecule has 0 unspecified atom stereocenters. The third-order valence-electron chi connectivity index (χ3n) is 3.51. The van der Waals surface area contributed by atoms with Crippen LogP contribution in [0.2, 0.25) is 0 Å². The molecule has 110 valence electrons. The van der Waals surface area contributed by atoms with Gasteiger partial charge in [0.2, 0.25) is 0 Å². The molecular formula is C17H13BrN2O2. The first kappa shape index (κ1) is 14.7. The highest BCUT2D eigenvalue weighted by Crippen LogP contribution is 2.14. The maximum Gasteiger partial charge on any atom is 0.265 e. The fourth-order valence-corrected chi connectivity index (χ4v) is 2.75. The molecule has 0 aliphatic carbocycles. The molecule has 2 aromatic carbocycles. The van der Waals surface area contributed by atoms with Crippen LogP contribution in [0.4, 0.5) is 0 Å². The Hall–Kier alpha value is -2.27. The highest BCUT2D eigenvalue weighted by Gasteiger charge is 2.10. The zero-order valence-electron chi connectivity index (χ0n) is 11.9. The molecule has 0 bridgehead atoms. The van der Waals surface area contributed by atoms with Crippen molar-refractivity contribution in [2.75, 3.05) is 5.33 Å². The topological polar surface area (TPSA) is 52.0 Å². The Morgan fingerprint density at radius 1 is 1.14 bits per heavy atom. The minimum atomic E-state index is -0.109. The summed E-state index contributed by atoms with van der Waals surface area (Å²) in [5.74, 6) is 0.621. The largest absolute Gasteiger partial charge is 0.293 e. The Morgan fingerprint density at radius 3 is 2.50 bits per heavy atom. The van der Waals surface area contributed by atoms with E-state index in [1.165, 1.54) is 0 Å². The van der Waals surface area contributed by atoms with Crippen molar-refractivity contribution in [3.63, 3.8) is 0 Å². The summed E-state index contributed by atoms with van der Waals surface area (Å²) in [6.07, 6.45) is 0. The SMILES string of the molecule is Cc1nc2ccccc2c(=O)n1-c1ccc(C(=O)CBr)cc1. The summed E-state index contributed by atoms with van der Waals surface area (Å²) in [4.78, 5) is 28.8. The average molecular weight is 357 g/mol. The van der Waals surface area contributed by atoms with Crippen LogP contribution >= 0.6 is 15.9 Å². The van der Waals surface area contributed by atoms with Crippen LogP contribution in [0.5, 0.6) is 0 Å². The van der Waals surface area contributed by atoms with Crippen molar-refractivity contribution >= 4 is 32.6 Å². The van der Waals surface area contributed by atoms with Crippen LogP contribution in [0, 0.1) is 6.92 Å². The van der Waals surface area contributed by atoms with Crippen molar-refractivity contribution in [2.24, 2.45) is 0 Å². The maximum atomic E-state index is 12.7. The predicted octanol–water partition coefficient (Wildman–Crippen LogP) is 3.27. The van der Waals surface area contributed by atoms with E-state index in [0.717, 1.165) is 0 Å². The predicted molar refractivity (Wildman–Crippen MR) is 90.2 cm³/mol. The lowest BCUT2D eigenvalue weighted by atomic mass is 10.1. The Morgan fingerprint density at radius 2 is 1.82 bits per heavy atom. The van der Waals surface area contributed by atoms with Gasteiger partial charge in [0.15, 0.2) is 5.78 Å². The van der Waals surface area contributed by atoms with Crippen molar-refractivity contribution in [3.8, 4) is 5.69 Å². The van der Waals surface area contributed by atoms with E-state index >= 15 is 0 Å². The molecule has 3 aromatic rings. The van der Waals surface area contributed by atoms with Gasteiger partial charge in [-0.15, -0.1) is 0 Å². The smallest absolute Gasteiger partial charge is 0.265 e. The number of fused-ring (bicyclic) bond motifs is 1. The number of para-hydroxylation sites is 1. The third kappa shape index (κ3) is 2.48. The Bertz CT molecular complexity index is 914. The number of aryl methyl sites for hydroxylation is 1. The lowest BCUT2D eigenvalue weighted by molar-refractivity contribution is 0.102. The van der Waals surface area contributed by atoms with Gasteiger partial charge < -0.3 is 0 Å². The van der Waals surface area contributed by atoms with E-state index < -0.39 is 0 Å². The maximum absolute atomic E-state index is 12.7. The van der Waals surface area contributed by atoms with Gasteiger partial charge in [0.05, 0.1) is 21.9 Å². The molecule has 0 saturated carbocycles. The number of carbonyl (C=O) groups is 1. The number of carbonyl (C=O) groups excluding carboxylic acids is 1. The number of benzene rings is 2. The first-order valence-electron chi connectivity index (χ1n) is 6.80. The molecule has 4 nitrogen and oxygen atoms in total. The van der Waals surface area contributed by atoms with E-state index in [-0.39, 0.29) is 16.7 Å². The zero-order chi connectivity index (χ0) is 15.7. The van der Waals surface area contributed by atoms with Gasteiger partial charge >= 0.3 is 0 Å². The number of nitrogens with zero attached hydrogens (tertiary/aromatic N) is 2. The number of hydrogen-bond donors (Lipinski definition) is 0. The molecule has 0 aliphatic heterocycles. The lowest BCUT2D eigenvalue weighted by Gasteiger charge is -2.11. The van der Waals surface area contributed by atoms with Crippen molar-refractivity contribution < 1.29 is 4.79 Å². The lowest BCUT2D eigenvalue weighted by Crippen LogP contribution is -2.22. The normalized spacial score (nSPS) is 10.8. The molecule has 0 spiro atoms. The number of halogens is 1. The summed E-state index contributed by atoms with van der Waals surface area (Å²) in [6.45, 7) is 1.80. The number of Topliss-reactive ketones (excluding diaryl/α,β-unsaturated/α-hetero) is 1. The van der Waals surface area contributed by atoms with Gasteiger partial charge in [-0.05, 0) is 43.3 Å². The molecule has 1 aromatic heterocycles. The molecular weight excluding hydrogens is 344 g/mol. The summed E-state index contributed by atoms with van der Waals surface area (Å²) in [6, 6.07) is 14.2. The summed E-state index contributed by atoms with van der Waals surface area (Å²) in [5.41, 5.74) is 1.89. The highest BCUT2D eigenvalue weighted by molar-refractivity contribution is 9.09. The van der Waals surface area contributed by atoms with Gasteiger partial charge in [0.25, 0.3) is 5.56 Å². The number of rotatable bonds is 3. The van der Waals surface area contributed by atoms with E-state index in [0.29, 0.717) is 28.0 Å². The fourth-order valence-electron chi connectivity index (χ4n) is 2.42. The highest BCUT2D eigenvalue weighted by atomic mass is 79.9. The molecule has 5 heteroatoms. The Labute approximate surface area is 135 Å². The van der Waals surface area contributed by atoms with E-state index in [4.69, 9.17) is 0 Å². The monoisotopic (exact) mass is 356 g/mol. The second-order valence-electron chi connectivity index (χ2n) is 4.92. The number of ketones is 1. The van der Waals surface area contributed by atoms with Gasteiger partial charge in [-0.2, -0.15) is 0 Å². The van der Waals surface area contributed by atoms with Crippen LogP contribution < -0.4 is 5.56 Å². The fraction of sp³-hybridized carbons (Fsp3) is 0.118. The molecule has 22 heavy (non-hydrogen) atoms. The van der Waals surface area contributed by atoms with Crippen LogP contribution in [0.1, 0.15) is 16.2 Å². The van der Waals surface area contributed by atoms with E-state index in [1.807, 2.05) is 18.2 Å². The molecule has 0 atom stereocenters. The molecule has 0 radical (unpaired) electrons. The van der Waals surface area contributed by atoms with Gasteiger partial charge in [0, 0.05) is 5.56 Å². The second-order valence-corrected chi connectivity index (χ2v) is 5.48. The summed E-state index contributed by atoms with van der Waals surface area (Å²) in [7, 11) is 0. The van der Waals surface area contributed by atoms with Gasteiger partial charge in [-0.3, -0.25) is 14.2 Å². The average Bonchev–Trinajstić information content (AvgIpc) is 2.55. The van der Waals surface area contributed by atoms with Crippen LogP contribution in [0.3, 0.4) is 0 Å². The van der Waals surface area contributed by atoms with Crippen molar-refractivity contribution in [1.29, 1.82) is 0 Å². The second kappa shape index (κ2) is 5.85. The van der Waals surface area contributed by atoms with E-state index in [2.05, 4.69) is 20.9 Å². The number of alkyl halides is 1. The molecule has 3 rings (SSSR count). The van der Waals surface area contributed by atoms with Gasteiger partial charge in [-0.1, -0.05) is 28.1 Å². The minimum Gasteiger partial charge on any atom is -0.293 e. The third-order valence-corrected chi connectivity index (χ3v) is 4.02. The molecule has 0 aliphatic rings. The van der Waals surface area contributed by atoms with E-state index in [1.54, 1.807) is 41.8 Å². The molecule has 0 N–H and O–H groups in total. The Balaban J connectivity index is 2.18. The zero-order valence-corrected chi connectivity index (χ0v) is 13.5. The van der Waals surface area contributed by atoms with Crippen molar-refractivity contribution in [1.82, 2.24) is 9.55 Å². The first-order chi connectivity index (χ1) is 10.6. The Kier molecular flexibility index (Phi) is 3.90. The van der Waals surface area contributed by atoms with E-state index in [9.17, 15) is 9.59 Å². The standard InChI is InChI=1S/C17H13BrN2O2/c1-11-19-15-5-3-2-4-14(15)17(22)20(11)13-8-6-12(7-9-13)16(21)10-18/h2-9H,10H2,1H3. The van der Waals surface area contributed by atoms with Gasteiger partial charge in [0.1, 0.15) is 5.82 Å². The summed E-state index contributed by atoms with van der Waals surface area (Å²) >= 11 is 3.15.